The van der Waals surface area contributed by atoms with Crippen molar-refractivity contribution in [3.8, 4) is 11.4 Å². The fourth-order valence-electron chi connectivity index (χ4n) is 1.90. The number of aromatic nitrogens is 2. The third-order valence-corrected chi connectivity index (χ3v) is 5.31. The van der Waals surface area contributed by atoms with Crippen LogP contribution in [0.15, 0.2) is 62.4 Å². The average Bonchev–Trinajstić information content (AvgIpc) is 3.03. The lowest BCUT2D eigenvalue weighted by Crippen LogP contribution is -2.23. The average molecular weight is 429 g/mol. The summed E-state index contributed by atoms with van der Waals surface area (Å²) in [4.78, 5) is 4.32. The molecule has 1 N–H and O–H groups in total. The molecular formula is C15H11BrClN3O3S. The second-order valence-electron chi connectivity index (χ2n) is 4.80. The minimum Gasteiger partial charge on any atom is -0.338 e. The molecule has 1 heterocycles. The fourth-order valence-corrected chi connectivity index (χ4v) is 3.26. The molecule has 0 aliphatic heterocycles. The Morgan fingerprint density at radius 1 is 1.08 bits per heavy atom. The molecule has 0 aliphatic carbocycles. The first kappa shape index (κ1) is 17.1. The Morgan fingerprint density at radius 3 is 2.42 bits per heavy atom. The lowest BCUT2D eigenvalue weighted by atomic mass is 10.2. The lowest BCUT2D eigenvalue weighted by Gasteiger charge is -2.04. The van der Waals surface area contributed by atoms with Crippen LogP contribution in [0.1, 0.15) is 5.89 Å². The highest BCUT2D eigenvalue weighted by atomic mass is 79.9. The molecule has 0 unspecified atom stereocenters. The van der Waals surface area contributed by atoms with Gasteiger partial charge in [-0.2, -0.15) is 4.98 Å². The van der Waals surface area contributed by atoms with E-state index in [1.165, 1.54) is 12.1 Å². The van der Waals surface area contributed by atoms with Crippen LogP contribution in [0.5, 0.6) is 0 Å². The molecule has 124 valence electrons. The third kappa shape index (κ3) is 4.02. The van der Waals surface area contributed by atoms with Crippen molar-refractivity contribution >= 4 is 37.6 Å². The van der Waals surface area contributed by atoms with Gasteiger partial charge in [0.15, 0.2) is 0 Å². The smallest absolute Gasteiger partial charge is 0.242 e. The number of rotatable bonds is 5. The van der Waals surface area contributed by atoms with E-state index in [0.29, 0.717) is 10.8 Å². The summed E-state index contributed by atoms with van der Waals surface area (Å²) in [5, 5.41) is 4.43. The molecule has 0 saturated carbocycles. The molecule has 3 rings (SSSR count). The first-order valence-electron chi connectivity index (χ1n) is 6.78. The number of nitrogens with zero attached hydrogens (tertiary/aromatic N) is 2. The normalized spacial score (nSPS) is 11.6. The van der Waals surface area contributed by atoms with Crippen molar-refractivity contribution < 1.29 is 12.9 Å². The van der Waals surface area contributed by atoms with E-state index in [0.717, 1.165) is 10.0 Å². The van der Waals surface area contributed by atoms with Crippen LogP contribution in [0, 0.1) is 0 Å². The zero-order valence-corrected chi connectivity index (χ0v) is 15.3. The Kier molecular flexibility index (Phi) is 5.00. The van der Waals surface area contributed by atoms with Gasteiger partial charge in [0, 0.05) is 15.1 Å². The van der Waals surface area contributed by atoms with Crippen molar-refractivity contribution in [3.05, 3.63) is 63.9 Å². The molecule has 24 heavy (non-hydrogen) atoms. The van der Waals surface area contributed by atoms with Gasteiger partial charge in [-0.05, 0) is 48.5 Å². The van der Waals surface area contributed by atoms with Gasteiger partial charge >= 0.3 is 0 Å². The van der Waals surface area contributed by atoms with Crippen molar-refractivity contribution in [2.24, 2.45) is 0 Å². The Morgan fingerprint density at radius 2 is 1.75 bits per heavy atom. The Bertz CT molecular complexity index is 941. The largest absolute Gasteiger partial charge is 0.338 e. The van der Waals surface area contributed by atoms with Crippen LogP contribution in [-0.4, -0.2) is 18.6 Å². The summed E-state index contributed by atoms with van der Waals surface area (Å²) in [5.74, 6) is 0.533. The van der Waals surface area contributed by atoms with E-state index in [1.54, 1.807) is 36.4 Å². The minimum atomic E-state index is -3.65. The van der Waals surface area contributed by atoms with Crippen molar-refractivity contribution in [1.82, 2.24) is 14.9 Å². The summed E-state index contributed by atoms with van der Waals surface area (Å²) in [6, 6.07) is 13.2. The molecule has 0 saturated heterocycles. The van der Waals surface area contributed by atoms with Crippen LogP contribution in [0.3, 0.4) is 0 Å². The molecule has 1 aromatic heterocycles. The first-order valence-corrected chi connectivity index (χ1v) is 9.43. The molecule has 0 aliphatic rings. The maximum atomic E-state index is 12.2. The maximum Gasteiger partial charge on any atom is 0.242 e. The van der Waals surface area contributed by atoms with Crippen LogP contribution in [0.4, 0.5) is 0 Å². The number of hydrogen-bond donors (Lipinski definition) is 1. The van der Waals surface area contributed by atoms with Gasteiger partial charge in [0.1, 0.15) is 0 Å². The molecule has 0 amide bonds. The molecule has 3 aromatic rings. The highest BCUT2D eigenvalue weighted by Crippen LogP contribution is 2.19. The fraction of sp³-hybridized carbons (Fsp3) is 0.0667. The van der Waals surface area contributed by atoms with Crippen LogP contribution in [0.25, 0.3) is 11.4 Å². The molecule has 6 nitrogen and oxygen atoms in total. The molecular weight excluding hydrogens is 418 g/mol. The molecule has 0 fully saturated rings. The van der Waals surface area contributed by atoms with Crippen molar-refractivity contribution in [2.75, 3.05) is 0 Å². The quantitative estimate of drug-likeness (QED) is 0.671. The third-order valence-electron chi connectivity index (χ3n) is 3.11. The summed E-state index contributed by atoms with van der Waals surface area (Å²) < 4.78 is 32.7. The summed E-state index contributed by atoms with van der Waals surface area (Å²) in [6.07, 6.45) is 0. The highest BCUT2D eigenvalue weighted by molar-refractivity contribution is 9.10. The van der Waals surface area contributed by atoms with Gasteiger partial charge < -0.3 is 4.52 Å². The lowest BCUT2D eigenvalue weighted by molar-refractivity contribution is 0.376. The molecule has 9 heteroatoms. The molecule has 0 spiro atoms. The topological polar surface area (TPSA) is 85.1 Å². The number of benzene rings is 2. The van der Waals surface area contributed by atoms with Crippen molar-refractivity contribution in [1.29, 1.82) is 0 Å². The van der Waals surface area contributed by atoms with E-state index in [9.17, 15) is 8.42 Å². The van der Waals surface area contributed by atoms with Gasteiger partial charge in [0.05, 0.1) is 11.4 Å². The Balaban J connectivity index is 1.71. The predicted molar refractivity (Wildman–Crippen MR) is 92.9 cm³/mol. The standard InChI is InChI=1S/C15H11BrClN3O3S/c16-11-3-7-13(8-4-11)24(21,22)18-9-14-19-15(20-23-14)10-1-5-12(17)6-2-10/h1-8,18H,9H2. The van der Waals surface area contributed by atoms with E-state index in [-0.39, 0.29) is 17.3 Å². The van der Waals surface area contributed by atoms with Gasteiger partial charge in [0.2, 0.25) is 21.7 Å². The van der Waals surface area contributed by atoms with E-state index < -0.39 is 10.0 Å². The minimum absolute atomic E-state index is 0.0982. The second kappa shape index (κ2) is 7.02. The number of sulfonamides is 1. The molecule has 2 aromatic carbocycles. The monoisotopic (exact) mass is 427 g/mol. The zero-order valence-electron chi connectivity index (χ0n) is 12.1. The van der Waals surface area contributed by atoms with Gasteiger partial charge in [-0.15, -0.1) is 0 Å². The summed E-state index contributed by atoms with van der Waals surface area (Å²) in [7, 11) is -3.65. The number of hydrogen-bond acceptors (Lipinski definition) is 5. The Labute approximate surface area is 152 Å². The molecule has 0 atom stereocenters. The van der Waals surface area contributed by atoms with E-state index in [1.807, 2.05) is 0 Å². The summed E-state index contributed by atoms with van der Waals surface area (Å²) in [6.45, 7) is -0.0982. The highest BCUT2D eigenvalue weighted by Gasteiger charge is 2.16. The van der Waals surface area contributed by atoms with Crippen molar-refractivity contribution in [3.63, 3.8) is 0 Å². The first-order chi connectivity index (χ1) is 11.4. The van der Waals surface area contributed by atoms with Gasteiger partial charge in [-0.1, -0.05) is 32.7 Å². The molecule has 0 bridgehead atoms. The maximum absolute atomic E-state index is 12.2. The van der Waals surface area contributed by atoms with Gasteiger partial charge in [0.25, 0.3) is 0 Å². The van der Waals surface area contributed by atoms with E-state index in [4.69, 9.17) is 16.1 Å². The van der Waals surface area contributed by atoms with Crippen LogP contribution in [-0.2, 0) is 16.6 Å². The van der Waals surface area contributed by atoms with Crippen LogP contribution >= 0.6 is 27.5 Å². The van der Waals surface area contributed by atoms with E-state index >= 15 is 0 Å². The molecule has 0 radical (unpaired) electrons. The Hall–Kier alpha value is -1.74. The van der Waals surface area contributed by atoms with Crippen molar-refractivity contribution in [2.45, 2.75) is 11.4 Å². The van der Waals surface area contributed by atoms with E-state index in [2.05, 4.69) is 30.8 Å². The number of nitrogens with one attached hydrogen (secondary N) is 1. The summed E-state index contributed by atoms with van der Waals surface area (Å²) >= 11 is 9.09. The van der Waals surface area contributed by atoms with Crippen LogP contribution < -0.4 is 4.72 Å². The SMILES string of the molecule is O=S(=O)(NCc1nc(-c2ccc(Cl)cc2)no1)c1ccc(Br)cc1. The zero-order chi connectivity index (χ0) is 17.2. The number of halogens is 2. The van der Waals surface area contributed by atoms with Gasteiger partial charge in [-0.25, -0.2) is 13.1 Å². The van der Waals surface area contributed by atoms with Gasteiger partial charge in [-0.3, -0.25) is 0 Å². The summed E-state index contributed by atoms with van der Waals surface area (Å²) in [5.41, 5.74) is 0.727. The van der Waals surface area contributed by atoms with Crippen LogP contribution in [0.2, 0.25) is 5.02 Å². The second-order valence-corrected chi connectivity index (χ2v) is 7.92. The predicted octanol–water partition coefficient (Wildman–Crippen LogP) is 3.63.